The summed E-state index contributed by atoms with van der Waals surface area (Å²) in [4.78, 5) is 22.4. The molecular formula is C20H16FN3O4. The van der Waals surface area contributed by atoms with E-state index in [1.165, 1.54) is 54.4 Å². The molecule has 0 saturated heterocycles. The van der Waals surface area contributed by atoms with Gasteiger partial charge in [-0.3, -0.25) is 4.79 Å². The molecule has 2 aromatic carbocycles. The van der Waals surface area contributed by atoms with E-state index >= 15 is 0 Å². The average Bonchev–Trinajstić information content (AvgIpc) is 3.16. The third kappa shape index (κ3) is 4.47. The van der Waals surface area contributed by atoms with Gasteiger partial charge in [-0.25, -0.2) is 4.39 Å². The van der Waals surface area contributed by atoms with Gasteiger partial charge in [0.25, 0.3) is 0 Å². The number of halogens is 1. The normalized spacial score (nSPS) is 10.9. The van der Waals surface area contributed by atoms with E-state index in [9.17, 15) is 19.3 Å². The monoisotopic (exact) mass is 381 g/mol. The summed E-state index contributed by atoms with van der Waals surface area (Å²) < 4.78 is 19.7. The van der Waals surface area contributed by atoms with Crippen LogP contribution >= 0.6 is 0 Å². The minimum atomic E-state index is -0.562. The molecule has 0 aliphatic carbocycles. The van der Waals surface area contributed by atoms with Gasteiger partial charge in [0.05, 0.1) is 31.0 Å². The van der Waals surface area contributed by atoms with E-state index < -0.39 is 10.7 Å². The number of carbonyl (C=O) groups is 1. The van der Waals surface area contributed by atoms with Crippen molar-refractivity contribution in [3.8, 4) is 5.75 Å². The Bertz CT molecular complexity index is 1040. The Hall–Kier alpha value is -3.81. The molecule has 1 heterocycles. The molecule has 142 valence electrons. The molecule has 28 heavy (non-hydrogen) atoms. The number of nitro groups is 1. The highest BCUT2D eigenvalue weighted by Gasteiger charge is 2.13. The number of hydrogen-bond donors (Lipinski definition) is 0. The predicted molar refractivity (Wildman–Crippen MR) is 101 cm³/mol. The van der Waals surface area contributed by atoms with Crippen molar-refractivity contribution in [2.24, 2.45) is 0 Å². The lowest BCUT2D eigenvalue weighted by Gasteiger charge is -2.08. The maximum Gasteiger partial charge on any atom is 0.389 e. The Kier molecular flexibility index (Phi) is 5.59. The van der Waals surface area contributed by atoms with Crippen LogP contribution in [0.3, 0.4) is 0 Å². The van der Waals surface area contributed by atoms with Gasteiger partial charge in [-0.15, -0.1) is 0 Å². The molecule has 0 unspecified atom stereocenters. The summed E-state index contributed by atoms with van der Waals surface area (Å²) >= 11 is 0. The van der Waals surface area contributed by atoms with E-state index in [1.54, 1.807) is 24.3 Å². The SMILES string of the molecule is COc1ccc(/C=C/C(=O)c2ccc(F)cc2)cc1Cn1ccc([N+](=O)[O-])n1. The van der Waals surface area contributed by atoms with E-state index in [2.05, 4.69) is 5.10 Å². The van der Waals surface area contributed by atoms with Crippen molar-refractivity contribution in [1.82, 2.24) is 9.78 Å². The zero-order valence-corrected chi connectivity index (χ0v) is 14.9. The van der Waals surface area contributed by atoms with Gasteiger partial charge in [0, 0.05) is 11.1 Å². The first kappa shape index (κ1) is 19.0. The van der Waals surface area contributed by atoms with E-state index in [-0.39, 0.29) is 18.1 Å². The second-order valence-corrected chi connectivity index (χ2v) is 5.90. The fourth-order valence-electron chi connectivity index (χ4n) is 2.62. The third-order valence-electron chi connectivity index (χ3n) is 4.01. The van der Waals surface area contributed by atoms with Crippen LogP contribution in [-0.2, 0) is 6.54 Å². The summed E-state index contributed by atoms with van der Waals surface area (Å²) in [6, 6.07) is 12.0. The van der Waals surface area contributed by atoms with Crippen LogP contribution < -0.4 is 4.74 Å². The number of ketones is 1. The maximum atomic E-state index is 13.0. The first-order chi connectivity index (χ1) is 13.5. The minimum Gasteiger partial charge on any atom is -0.496 e. The van der Waals surface area contributed by atoms with Crippen molar-refractivity contribution in [3.63, 3.8) is 0 Å². The Morgan fingerprint density at radius 2 is 2.00 bits per heavy atom. The van der Waals surface area contributed by atoms with Crippen molar-refractivity contribution in [1.29, 1.82) is 0 Å². The van der Waals surface area contributed by atoms with Crippen LogP contribution in [-0.4, -0.2) is 27.6 Å². The number of rotatable bonds is 7. The quantitative estimate of drug-likeness (QED) is 0.268. The van der Waals surface area contributed by atoms with Crippen LogP contribution in [0.4, 0.5) is 10.2 Å². The molecule has 0 bridgehead atoms. The minimum absolute atomic E-state index is 0.236. The van der Waals surface area contributed by atoms with Crippen molar-refractivity contribution in [2.45, 2.75) is 6.54 Å². The topological polar surface area (TPSA) is 87.3 Å². The highest BCUT2D eigenvalue weighted by molar-refractivity contribution is 6.06. The second kappa shape index (κ2) is 8.26. The first-order valence-corrected chi connectivity index (χ1v) is 8.29. The molecule has 0 amide bonds. The molecular weight excluding hydrogens is 365 g/mol. The predicted octanol–water partition coefficient (Wildman–Crippen LogP) is 3.88. The molecule has 1 aromatic heterocycles. The summed E-state index contributed by atoms with van der Waals surface area (Å²) in [7, 11) is 1.53. The van der Waals surface area contributed by atoms with Gasteiger partial charge in [0.1, 0.15) is 11.6 Å². The molecule has 3 aromatic rings. The molecule has 0 radical (unpaired) electrons. The number of allylic oxidation sites excluding steroid dienone is 1. The standard InChI is InChI=1S/C20H16FN3O4/c1-28-19-9-3-14(2-8-18(25)15-4-6-17(21)7-5-15)12-16(19)13-23-11-10-20(22-23)24(26)27/h2-12H,13H2,1H3/b8-2+. The van der Waals surface area contributed by atoms with Crippen LogP contribution in [0.15, 0.2) is 60.8 Å². The second-order valence-electron chi connectivity index (χ2n) is 5.90. The van der Waals surface area contributed by atoms with Gasteiger partial charge in [-0.2, -0.15) is 4.68 Å². The van der Waals surface area contributed by atoms with Crippen molar-refractivity contribution < 1.29 is 18.8 Å². The van der Waals surface area contributed by atoms with Crippen LogP contribution in [0.25, 0.3) is 6.08 Å². The smallest absolute Gasteiger partial charge is 0.389 e. The number of carbonyl (C=O) groups excluding carboxylic acids is 1. The van der Waals surface area contributed by atoms with Gasteiger partial charge in [0.2, 0.25) is 0 Å². The summed E-state index contributed by atoms with van der Waals surface area (Å²) in [6.07, 6.45) is 4.55. The summed E-state index contributed by atoms with van der Waals surface area (Å²) in [5, 5.41) is 14.7. The Labute approximate surface area is 159 Å². The van der Waals surface area contributed by atoms with Crippen molar-refractivity contribution >= 4 is 17.7 Å². The molecule has 3 rings (SSSR count). The third-order valence-corrected chi connectivity index (χ3v) is 4.01. The Balaban J connectivity index is 1.80. The number of benzene rings is 2. The molecule has 0 fully saturated rings. The van der Waals surface area contributed by atoms with Gasteiger partial charge >= 0.3 is 5.82 Å². The molecule has 0 spiro atoms. The van der Waals surface area contributed by atoms with Crippen LogP contribution in [0.2, 0.25) is 0 Å². The van der Waals surface area contributed by atoms with E-state index in [0.29, 0.717) is 11.3 Å². The van der Waals surface area contributed by atoms with E-state index in [4.69, 9.17) is 4.74 Å². The lowest BCUT2D eigenvalue weighted by molar-refractivity contribution is -0.389. The Morgan fingerprint density at radius 1 is 1.25 bits per heavy atom. The first-order valence-electron chi connectivity index (χ1n) is 8.29. The molecule has 0 aliphatic heterocycles. The summed E-state index contributed by atoms with van der Waals surface area (Å²) in [6.45, 7) is 0.268. The Morgan fingerprint density at radius 3 is 2.64 bits per heavy atom. The lowest BCUT2D eigenvalue weighted by atomic mass is 10.1. The number of nitrogens with zero attached hydrogens (tertiary/aromatic N) is 3. The maximum absolute atomic E-state index is 13.0. The average molecular weight is 381 g/mol. The van der Waals surface area contributed by atoms with E-state index in [1.807, 2.05) is 0 Å². The van der Waals surface area contributed by atoms with Crippen LogP contribution in [0.1, 0.15) is 21.5 Å². The number of hydrogen-bond acceptors (Lipinski definition) is 5. The fraction of sp³-hybridized carbons (Fsp3) is 0.100. The van der Waals surface area contributed by atoms with Gasteiger partial charge in [-0.05, 0) is 53.0 Å². The summed E-state index contributed by atoms with van der Waals surface area (Å²) in [5.41, 5.74) is 1.88. The van der Waals surface area contributed by atoms with Crippen LogP contribution in [0, 0.1) is 15.9 Å². The largest absolute Gasteiger partial charge is 0.496 e. The van der Waals surface area contributed by atoms with Crippen molar-refractivity contribution in [2.75, 3.05) is 7.11 Å². The van der Waals surface area contributed by atoms with Gasteiger partial charge in [0.15, 0.2) is 5.78 Å². The summed E-state index contributed by atoms with van der Waals surface area (Å²) in [5.74, 6) is -0.292. The van der Waals surface area contributed by atoms with Crippen LogP contribution in [0.5, 0.6) is 5.75 Å². The van der Waals surface area contributed by atoms with Gasteiger partial charge in [-0.1, -0.05) is 12.1 Å². The number of aromatic nitrogens is 2. The molecule has 0 atom stereocenters. The molecule has 0 N–H and O–H groups in total. The highest BCUT2D eigenvalue weighted by atomic mass is 19.1. The molecule has 0 saturated carbocycles. The van der Waals surface area contributed by atoms with E-state index in [0.717, 1.165) is 11.1 Å². The molecule has 0 aliphatic rings. The lowest BCUT2D eigenvalue weighted by Crippen LogP contribution is -2.03. The zero-order valence-electron chi connectivity index (χ0n) is 14.9. The van der Waals surface area contributed by atoms with Crippen molar-refractivity contribution in [3.05, 3.63) is 93.4 Å². The number of methoxy groups -OCH3 is 1. The zero-order chi connectivity index (χ0) is 20.1. The molecule has 7 nitrogen and oxygen atoms in total. The number of ether oxygens (including phenoxy) is 1. The highest BCUT2D eigenvalue weighted by Crippen LogP contribution is 2.22. The molecule has 8 heteroatoms. The fourth-order valence-corrected chi connectivity index (χ4v) is 2.62. The van der Waals surface area contributed by atoms with Gasteiger partial charge < -0.3 is 14.9 Å².